The molecular formula is C19H17N3O. The number of benzene rings is 1. The van der Waals surface area contributed by atoms with Crippen LogP contribution in [0.5, 0.6) is 0 Å². The van der Waals surface area contributed by atoms with Crippen LogP contribution in [0.15, 0.2) is 36.5 Å². The lowest BCUT2D eigenvalue weighted by Crippen LogP contribution is -2.40. The van der Waals surface area contributed by atoms with Crippen molar-refractivity contribution in [3.05, 3.63) is 58.9 Å². The lowest BCUT2D eigenvalue weighted by atomic mass is 10.1. The van der Waals surface area contributed by atoms with Crippen LogP contribution in [0.1, 0.15) is 40.5 Å². The summed E-state index contributed by atoms with van der Waals surface area (Å²) in [6.45, 7) is 4.44. The molecule has 1 amide bonds. The summed E-state index contributed by atoms with van der Waals surface area (Å²) in [5, 5.41) is 8.91. The van der Waals surface area contributed by atoms with Crippen LogP contribution in [0.25, 0.3) is 0 Å². The molecule has 1 aliphatic rings. The lowest BCUT2D eigenvalue weighted by Gasteiger charge is -2.27. The van der Waals surface area contributed by atoms with Gasteiger partial charge in [-0.2, -0.15) is 5.26 Å². The van der Waals surface area contributed by atoms with Gasteiger partial charge in [-0.05, 0) is 30.7 Å². The zero-order valence-corrected chi connectivity index (χ0v) is 13.0. The summed E-state index contributed by atoms with van der Waals surface area (Å²) >= 11 is 0. The maximum Gasteiger partial charge on any atom is 0.270 e. The number of amides is 1. The smallest absolute Gasteiger partial charge is 0.270 e. The quantitative estimate of drug-likeness (QED) is 0.801. The van der Waals surface area contributed by atoms with Gasteiger partial charge in [0.25, 0.3) is 5.91 Å². The molecule has 1 aliphatic heterocycles. The third-order valence-corrected chi connectivity index (χ3v) is 3.85. The van der Waals surface area contributed by atoms with E-state index in [9.17, 15) is 4.79 Å². The SMILES string of the molecule is CCCN1CCn2cc(C#Cc3cccc(C#N)c3)cc2C1=O. The molecule has 23 heavy (non-hydrogen) atoms. The van der Waals surface area contributed by atoms with Crippen molar-refractivity contribution in [3.8, 4) is 17.9 Å². The maximum absolute atomic E-state index is 12.4. The number of hydrogen-bond acceptors (Lipinski definition) is 2. The second-order valence-corrected chi connectivity index (χ2v) is 5.54. The van der Waals surface area contributed by atoms with E-state index in [1.807, 2.05) is 33.9 Å². The highest BCUT2D eigenvalue weighted by Gasteiger charge is 2.24. The minimum Gasteiger partial charge on any atom is -0.340 e. The molecule has 1 aromatic carbocycles. The Morgan fingerprint density at radius 2 is 1.91 bits per heavy atom. The monoisotopic (exact) mass is 303 g/mol. The standard InChI is InChI=1S/C19H17N3O/c1-2-8-21-9-10-22-14-17(12-18(22)19(21)23)7-6-15-4-3-5-16(11-15)13-20/h3-5,11-12,14H,2,8-10H2,1H3. The molecule has 0 bridgehead atoms. The number of carbonyl (C=O) groups excluding carboxylic acids is 1. The largest absolute Gasteiger partial charge is 0.340 e. The van der Waals surface area contributed by atoms with Crippen LogP contribution >= 0.6 is 0 Å². The van der Waals surface area contributed by atoms with Crippen LogP contribution in [0.2, 0.25) is 0 Å². The summed E-state index contributed by atoms with van der Waals surface area (Å²) in [4.78, 5) is 14.3. The molecule has 0 spiro atoms. The topological polar surface area (TPSA) is 49.0 Å². The Bertz CT molecular complexity index is 845. The molecule has 3 rings (SSSR count). The number of aromatic nitrogens is 1. The summed E-state index contributed by atoms with van der Waals surface area (Å²) in [6, 6.07) is 11.2. The molecule has 0 aliphatic carbocycles. The Morgan fingerprint density at radius 3 is 2.70 bits per heavy atom. The van der Waals surface area contributed by atoms with E-state index in [0.717, 1.165) is 37.2 Å². The van der Waals surface area contributed by atoms with E-state index in [0.29, 0.717) is 11.3 Å². The summed E-state index contributed by atoms with van der Waals surface area (Å²) in [6.07, 6.45) is 2.89. The first-order valence-electron chi connectivity index (χ1n) is 7.73. The van der Waals surface area contributed by atoms with Gasteiger partial charge >= 0.3 is 0 Å². The summed E-state index contributed by atoms with van der Waals surface area (Å²) in [7, 11) is 0. The predicted molar refractivity (Wildman–Crippen MR) is 87.8 cm³/mol. The van der Waals surface area contributed by atoms with Gasteiger partial charge in [0.05, 0.1) is 11.6 Å². The van der Waals surface area contributed by atoms with Crippen molar-refractivity contribution in [1.82, 2.24) is 9.47 Å². The third-order valence-electron chi connectivity index (χ3n) is 3.85. The van der Waals surface area contributed by atoms with Gasteiger partial charge in [-0.15, -0.1) is 0 Å². The zero-order valence-electron chi connectivity index (χ0n) is 13.0. The van der Waals surface area contributed by atoms with E-state index in [1.54, 1.807) is 12.1 Å². The molecule has 0 unspecified atom stereocenters. The zero-order chi connectivity index (χ0) is 16.2. The molecule has 4 nitrogen and oxygen atoms in total. The molecular weight excluding hydrogens is 286 g/mol. The van der Waals surface area contributed by atoms with Crippen LogP contribution in [0.4, 0.5) is 0 Å². The molecule has 2 aromatic rings. The highest BCUT2D eigenvalue weighted by molar-refractivity contribution is 5.94. The highest BCUT2D eigenvalue weighted by atomic mass is 16.2. The van der Waals surface area contributed by atoms with Gasteiger partial charge in [-0.25, -0.2) is 0 Å². The highest BCUT2D eigenvalue weighted by Crippen LogP contribution is 2.16. The Balaban J connectivity index is 1.85. The average molecular weight is 303 g/mol. The van der Waals surface area contributed by atoms with E-state index in [1.165, 1.54) is 0 Å². The average Bonchev–Trinajstić information content (AvgIpc) is 3.00. The first-order valence-corrected chi connectivity index (χ1v) is 7.73. The Morgan fingerprint density at radius 1 is 1.13 bits per heavy atom. The molecule has 0 saturated carbocycles. The normalized spacial score (nSPS) is 13.0. The van der Waals surface area contributed by atoms with E-state index >= 15 is 0 Å². The van der Waals surface area contributed by atoms with Crippen LogP contribution in [-0.2, 0) is 6.54 Å². The van der Waals surface area contributed by atoms with E-state index < -0.39 is 0 Å². The van der Waals surface area contributed by atoms with Gasteiger partial charge in [0.15, 0.2) is 0 Å². The molecule has 0 atom stereocenters. The molecule has 1 aromatic heterocycles. The second kappa shape index (κ2) is 6.42. The lowest BCUT2D eigenvalue weighted by molar-refractivity contribution is 0.0705. The van der Waals surface area contributed by atoms with E-state index in [2.05, 4.69) is 24.8 Å². The van der Waals surface area contributed by atoms with E-state index in [4.69, 9.17) is 5.26 Å². The first kappa shape index (κ1) is 14.9. The number of nitriles is 1. The van der Waals surface area contributed by atoms with Gasteiger partial charge in [0.2, 0.25) is 0 Å². The second-order valence-electron chi connectivity index (χ2n) is 5.54. The molecule has 2 heterocycles. The minimum atomic E-state index is 0.0811. The first-order chi connectivity index (χ1) is 11.2. The molecule has 0 saturated heterocycles. The fraction of sp³-hybridized carbons (Fsp3) is 0.263. The van der Waals surface area contributed by atoms with Crippen molar-refractivity contribution in [1.29, 1.82) is 5.26 Å². The van der Waals surface area contributed by atoms with Gasteiger partial charge in [-0.1, -0.05) is 24.8 Å². The minimum absolute atomic E-state index is 0.0811. The van der Waals surface area contributed by atoms with Crippen molar-refractivity contribution in [2.75, 3.05) is 13.1 Å². The Kier molecular flexibility index (Phi) is 4.17. The molecule has 4 heteroatoms. The fourth-order valence-corrected chi connectivity index (χ4v) is 2.73. The molecule has 0 fully saturated rings. The molecule has 0 radical (unpaired) electrons. The van der Waals surface area contributed by atoms with Crippen LogP contribution in [0, 0.1) is 23.2 Å². The van der Waals surface area contributed by atoms with Crippen molar-refractivity contribution in [2.45, 2.75) is 19.9 Å². The van der Waals surface area contributed by atoms with Crippen molar-refractivity contribution < 1.29 is 4.79 Å². The van der Waals surface area contributed by atoms with Gasteiger partial charge < -0.3 is 9.47 Å². The summed E-state index contributed by atoms with van der Waals surface area (Å²) in [5.41, 5.74) is 2.93. The van der Waals surface area contributed by atoms with Gasteiger partial charge in [0, 0.05) is 37.0 Å². The number of carbonyl (C=O) groups is 1. The Labute approximate surface area is 135 Å². The number of fused-ring (bicyclic) bond motifs is 1. The predicted octanol–water partition coefficient (Wildman–Crippen LogP) is 2.63. The fourth-order valence-electron chi connectivity index (χ4n) is 2.73. The maximum atomic E-state index is 12.4. The van der Waals surface area contributed by atoms with Crippen LogP contribution in [0.3, 0.4) is 0 Å². The van der Waals surface area contributed by atoms with E-state index in [-0.39, 0.29) is 5.91 Å². The van der Waals surface area contributed by atoms with Gasteiger partial charge in [-0.3, -0.25) is 4.79 Å². The van der Waals surface area contributed by atoms with Crippen molar-refractivity contribution in [3.63, 3.8) is 0 Å². The third kappa shape index (κ3) is 3.12. The van der Waals surface area contributed by atoms with Crippen LogP contribution < -0.4 is 0 Å². The van der Waals surface area contributed by atoms with Crippen molar-refractivity contribution >= 4 is 5.91 Å². The van der Waals surface area contributed by atoms with Crippen LogP contribution in [-0.4, -0.2) is 28.5 Å². The number of hydrogen-bond donors (Lipinski definition) is 0. The molecule has 114 valence electrons. The Hall–Kier alpha value is -2.98. The number of nitrogens with zero attached hydrogens (tertiary/aromatic N) is 3. The van der Waals surface area contributed by atoms with Gasteiger partial charge in [0.1, 0.15) is 5.69 Å². The summed E-state index contributed by atoms with van der Waals surface area (Å²) in [5.74, 6) is 6.22. The number of rotatable bonds is 2. The molecule has 0 N–H and O–H groups in total. The van der Waals surface area contributed by atoms with Crippen molar-refractivity contribution in [2.24, 2.45) is 0 Å². The summed E-state index contributed by atoms with van der Waals surface area (Å²) < 4.78 is 1.98.